The summed E-state index contributed by atoms with van der Waals surface area (Å²) in [7, 11) is -0.735. The molecule has 0 bridgehead atoms. The van der Waals surface area contributed by atoms with E-state index in [1.54, 1.807) is 18.2 Å². The summed E-state index contributed by atoms with van der Waals surface area (Å²) in [5, 5.41) is -1.16. The summed E-state index contributed by atoms with van der Waals surface area (Å²) in [6.45, 7) is 1.38. The number of hydrogen-bond acceptors (Lipinski definition) is 4. The largest absolute Gasteiger partial charge is 0.348 e. The first-order chi connectivity index (χ1) is 11.3. The van der Waals surface area contributed by atoms with Crippen LogP contribution < -0.4 is 4.72 Å². The van der Waals surface area contributed by atoms with Gasteiger partial charge in [-0.15, -0.1) is 0 Å². The van der Waals surface area contributed by atoms with Gasteiger partial charge in [0, 0.05) is 20.0 Å². The number of carbonyl (C=O) groups is 1. The maximum atomic E-state index is 12.4. The Kier molecular flexibility index (Phi) is 4.25. The Balaban J connectivity index is 1.82. The molecule has 24 heavy (non-hydrogen) atoms. The van der Waals surface area contributed by atoms with Crippen LogP contribution in [0.25, 0.3) is 11.0 Å². The first kappa shape index (κ1) is 16.8. The molecule has 8 heteroatoms. The van der Waals surface area contributed by atoms with Gasteiger partial charge >= 0.3 is 0 Å². The predicted molar refractivity (Wildman–Crippen MR) is 93.4 cm³/mol. The lowest BCUT2D eigenvalue weighted by atomic mass is 9.85. The number of nitrogens with one attached hydrogen (secondary N) is 2. The van der Waals surface area contributed by atoms with Gasteiger partial charge in [-0.2, -0.15) is 0 Å². The average Bonchev–Trinajstić information content (AvgIpc) is 2.85. The van der Waals surface area contributed by atoms with Gasteiger partial charge in [-0.05, 0) is 38.0 Å². The second-order valence-corrected chi connectivity index (χ2v) is 8.51. The lowest BCUT2D eigenvalue weighted by Crippen LogP contribution is -2.39. The molecule has 1 heterocycles. The first-order valence-electron chi connectivity index (χ1n) is 8.00. The van der Waals surface area contributed by atoms with E-state index in [2.05, 4.69) is 14.7 Å². The van der Waals surface area contributed by atoms with E-state index in [9.17, 15) is 13.2 Å². The van der Waals surface area contributed by atoms with E-state index in [-0.39, 0.29) is 0 Å². The van der Waals surface area contributed by atoms with Crippen LogP contribution in [0.2, 0.25) is 0 Å². The summed E-state index contributed by atoms with van der Waals surface area (Å²) < 4.78 is 27.2. The minimum atomic E-state index is -3.80. The Labute approximate surface area is 141 Å². The molecular weight excluding hydrogens is 328 g/mol. The third-order valence-electron chi connectivity index (χ3n) is 4.51. The fourth-order valence-corrected chi connectivity index (χ4v) is 3.83. The smallest absolute Gasteiger partial charge is 0.244 e. The highest BCUT2D eigenvalue weighted by molar-refractivity contribution is 7.94. The Morgan fingerprint density at radius 1 is 1.38 bits per heavy atom. The van der Waals surface area contributed by atoms with Gasteiger partial charge in [-0.3, -0.25) is 9.52 Å². The van der Waals surface area contributed by atoms with Crippen molar-refractivity contribution in [3.63, 3.8) is 0 Å². The highest BCUT2D eigenvalue weighted by Crippen LogP contribution is 2.35. The molecule has 1 aliphatic rings. The quantitative estimate of drug-likeness (QED) is 0.863. The monoisotopic (exact) mass is 350 g/mol. The maximum absolute atomic E-state index is 12.4. The number of hydrogen-bond donors (Lipinski definition) is 2. The molecule has 0 aliphatic heterocycles. The summed E-state index contributed by atoms with van der Waals surface area (Å²) in [5.41, 5.74) is 2.03. The predicted octanol–water partition coefficient (Wildman–Crippen LogP) is 2.05. The molecular formula is C16H22N4O3S. The number of sulfonamides is 1. The minimum Gasteiger partial charge on any atom is -0.348 e. The molecule has 130 valence electrons. The lowest BCUT2D eigenvalue weighted by Gasteiger charge is -2.22. The van der Waals surface area contributed by atoms with Gasteiger partial charge < -0.3 is 9.88 Å². The number of benzene rings is 1. The third kappa shape index (κ3) is 3.10. The van der Waals surface area contributed by atoms with E-state index in [1.807, 2.05) is 0 Å². The minimum absolute atomic E-state index is 0.421. The molecule has 2 aromatic rings. The van der Waals surface area contributed by atoms with Crippen LogP contribution in [0.4, 0.5) is 5.69 Å². The highest BCUT2D eigenvalue weighted by Gasteiger charge is 2.29. The Morgan fingerprint density at radius 3 is 2.67 bits per heavy atom. The molecule has 1 aliphatic carbocycles. The summed E-state index contributed by atoms with van der Waals surface area (Å²) in [6, 6.07) is 5.16. The Hall–Kier alpha value is -2.09. The molecule has 0 saturated heterocycles. The SMILES string of the molecule is C[C@H](C(=O)N(C)C)S(=O)(=O)Nc1ccc2nc(C3CCC3)[nH]c2c1. The van der Waals surface area contributed by atoms with Crippen molar-refractivity contribution in [2.45, 2.75) is 37.4 Å². The molecule has 1 aromatic heterocycles. The van der Waals surface area contributed by atoms with Crippen LogP contribution in [0, 0.1) is 0 Å². The van der Waals surface area contributed by atoms with Crippen molar-refractivity contribution in [3.05, 3.63) is 24.0 Å². The number of amides is 1. The Bertz CT molecular complexity index is 869. The summed E-state index contributed by atoms with van der Waals surface area (Å²) in [4.78, 5) is 21.0. The van der Waals surface area contributed by atoms with Crippen molar-refractivity contribution in [1.29, 1.82) is 0 Å². The van der Waals surface area contributed by atoms with Gasteiger partial charge in [-0.25, -0.2) is 13.4 Å². The van der Waals surface area contributed by atoms with Gasteiger partial charge in [-0.1, -0.05) is 6.42 Å². The number of nitrogens with zero attached hydrogens (tertiary/aromatic N) is 2. The van der Waals surface area contributed by atoms with Crippen LogP contribution in [-0.4, -0.2) is 48.5 Å². The van der Waals surface area contributed by atoms with Crippen LogP contribution in [0.3, 0.4) is 0 Å². The van der Waals surface area contributed by atoms with Gasteiger partial charge in [0.25, 0.3) is 0 Å². The zero-order chi connectivity index (χ0) is 17.5. The van der Waals surface area contributed by atoms with E-state index in [1.165, 1.54) is 32.3 Å². The number of imidazole rings is 1. The van der Waals surface area contributed by atoms with E-state index in [0.29, 0.717) is 11.6 Å². The molecule has 0 radical (unpaired) electrons. The number of anilines is 1. The zero-order valence-electron chi connectivity index (χ0n) is 14.0. The molecule has 1 atom stereocenters. The van der Waals surface area contributed by atoms with Crippen LogP contribution in [0.5, 0.6) is 0 Å². The van der Waals surface area contributed by atoms with Crippen molar-refractivity contribution >= 4 is 32.7 Å². The third-order valence-corrected chi connectivity index (χ3v) is 6.16. The van der Waals surface area contributed by atoms with Gasteiger partial charge in [0.05, 0.1) is 16.7 Å². The summed E-state index contributed by atoms with van der Waals surface area (Å²) in [5.74, 6) is 0.986. The fourth-order valence-electron chi connectivity index (χ4n) is 2.72. The van der Waals surface area contributed by atoms with Gasteiger partial charge in [0.1, 0.15) is 5.82 Å². The van der Waals surface area contributed by atoms with Crippen molar-refractivity contribution in [1.82, 2.24) is 14.9 Å². The first-order valence-corrected chi connectivity index (χ1v) is 9.55. The molecule has 1 amide bonds. The van der Waals surface area contributed by atoms with Crippen molar-refractivity contribution in [2.75, 3.05) is 18.8 Å². The van der Waals surface area contributed by atoms with E-state index in [0.717, 1.165) is 29.7 Å². The summed E-state index contributed by atoms with van der Waals surface area (Å²) in [6.07, 6.45) is 3.51. The normalized spacial score (nSPS) is 16.6. The molecule has 2 N–H and O–H groups in total. The number of carbonyl (C=O) groups excluding carboxylic acids is 1. The maximum Gasteiger partial charge on any atom is 0.244 e. The van der Waals surface area contributed by atoms with Crippen LogP contribution in [0.1, 0.15) is 37.9 Å². The van der Waals surface area contributed by atoms with E-state index in [4.69, 9.17) is 0 Å². The molecule has 7 nitrogen and oxygen atoms in total. The number of aromatic nitrogens is 2. The number of fused-ring (bicyclic) bond motifs is 1. The number of H-pyrrole nitrogens is 1. The number of aromatic amines is 1. The number of rotatable bonds is 5. The molecule has 0 unspecified atom stereocenters. The van der Waals surface area contributed by atoms with Crippen molar-refractivity contribution in [2.24, 2.45) is 0 Å². The average molecular weight is 350 g/mol. The topological polar surface area (TPSA) is 95.2 Å². The molecule has 3 rings (SSSR count). The lowest BCUT2D eigenvalue weighted by molar-refractivity contribution is -0.127. The Morgan fingerprint density at radius 2 is 2.08 bits per heavy atom. The molecule has 1 fully saturated rings. The van der Waals surface area contributed by atoms with Crippen LogP contribution in [0.15, 0.2) is 18.2 Å². The second kappa shape index (κ2) is 6.08. The van der Waals surface area contributed by atoms with Gasteiger partial charge in [0.2, 0.25) is 15.9 Å². The van der Waals surface area contributed by atoms with E-state index >= 15 is 0 Å². The fraction of sp³-hybridized carbons (Fsp3) is 0.500. The van der Waals surface area contributed by atoms with Gasteiger partial charge in [0.15, 0.2) is 5.25 Å². The van der Waals surface area contributed by atoms with Crippen molar-refractivity contribution in [3.8, 4) is 0 Å². The van der Waals surface area contributed by atoms with Crippen LogP contribution in [-0.2, 0) is 14.8 Å². The summed E-state index contributed by atoms with van der Waals surface area (Å²) >= 11 is 0. The second-order valence-electron chi connectivity index (χ2n) is 6.50. The van der Waals surface area contributed by atoms with Crippen molar-refractivity contribution < 1.29 is 13.2 Å². The van der Waals surface area contributed by atoms with Crippen LogP contribution >= 0.6 is 0 Å². The zero-order valence-corrected chi connectivity index (χ0v) is 14.9. The van der Waals surface area contributed by atoms with E-state index < -0.39 is 21.2 Å². The molecule has 0 spiro atoms. The highest BCUT2D eigenvalue weighted by atomic mass is 32.2. The molecule has 1 aromatic carbocycles. The molecule has 1 saturated carbocycles. The standard InChI is InChI=1S/C16H22N4O3S/c1-10(16(21)20(2)3)24(22,23)19-12-7-8-13-14(9-12)18-15(17-13)11-5-4-6-11/h7-11,19H,4-6H2,1-3H3,(H,17,18)/t10-/m1/s1.